The second kappa shape index (κ2) is 4.14. The summed E-state index contributed by atoms with van der Waals surface area (Å²) in [5.74, 6) is 0. The van der Waals surface area contributed by atoms with Crippen molar-refractivity contribution in [3.63, 3.8) is 0 Å². The molecule has 6 heteroatoms. The van der Waals surface area contributed by atoms with Gasteiger partial charge in [-0.15, -0.1) is 0 Å². The molecule has 1 rings (SSSR count). The lowest BCUT2D eigenvalue weighted by atomic mass is 9.82. The molecule has 0 spiro atoms. The molecule has 5 nitrogen and oxygen atoms in total. The fourth-order valence-electron chi connectivity index (χ4n) is 2.13. The Morgan fingerprint density at radius 1 is 1.29 bits per heavy atom. The van der Waals surface area contributed by atoms with E-state index in [1.54, 1.807) is 0 Å². The molecule has 84 valence electrons. The maximum absolute atomic E-state index is 11.2. The summed E-state index contributed by atoms with van der Waals surface area (Å²) in [5, 5.41) is 5.11. The third kappa shape index (κ3) is 2.25. The first kappa shape index (κ1) is 11.9. The van der Waals surface area contributed by atoms with Crippen LogP contribution < -0.4 is 10.9 Å². The highest BCUT2D eigenvalue weighted by Crippen LogP contribution is 2.32. The number of hydrogen-bond acceptors (Lipinski definition) is 3. The van der Waals surface area contributed by atoms with Crippen LogP contribution in [0.25, 0.3) is 0 Å². The second-order valence-electron chi connectivity index (χ2n) is 4.00. The maximum Gasteiger partial charge on any atom is 0.277 e. The van der Waals surface area contributed by atoms with Crippen molar-refractivity contribution >= 4 is 10.2 Å². The Morgan fingerprint density at radius 2 is 1.79 bits per heavy atom. The Hall–Kier alpha value is -0.170. The van der Waals surface area contributed by atoms with Crippen molar-refractivity contribution in [3.05, 3.63) is 0 Å². The van der Waals surface area contributed by atoms with Crippen molar-refractivity contribution in [1.29, 1.82) is 0 Å². The van der Waals surface area contributed by atoms with Gasteiger partial charge >= 0.3 is 0 Å². The van der Waals surface area contributed by atoms with E-state index in [2.05, 4.69) is 0 Å². The molecular weight excluding hydrogens is 202 g/mol. The van der Waals surface area contributed by atoms with Crippen LogP contribution in [-0.4, -0.2) is 31.9 Å². The lowest BCUT2D eigenvalue weighted by Gasteiger charge is -2.42. The topological polar surface area (TPSA) is 89.4 Å². The molecule has 0 saturated heterocycles. The average Bonchev–Trinajstić information content (AvgIpc) is 2.16. The van der Waals surface area contributed by atoms with Crippen LogP contribution >= 0.6 is 0 Å². The van der Waals surface area contributed by atoms with Crippen molar-refractivity contribution in [2.24, 2.45) is 10.9 Å². The van der Waals surface area contributed by atoms with E-state index in [-0.39, 0.29) is 0 Å². The molecule has 0 aromatic heterocycles. The molecule has 0 aromatic rings. The van der Waals surface area contributed by atoms with E-state index >= 15 is 0 Å². The minimum absolute atomic E-state index is 0.347. The summed E-state index contributed by atoms with van der Waals surface area (Å²) in [7, 11) is -2.10. The zero-order valence-electron chi connectivity index (χ0n) is 8.57. The molecule has 0 bridgehead atoms. The second-order valence-corrected chi connectivity index (χ2v) is 5.58. The molecule has 1 saturated carbocycles. The van der Waals surface area contributed by atoms with Gasteiger partial charge in [0.1, 0.15) is 0 Å². The highest BCUT2D eigenvalue weighted by molar-refractivity contribution is 7.86. The van der Waals surface area contributed by atoms with Gasteiger partial charge in [0.05, 0.1) is 0 Å². The van der Waals surface area contributed by atoms with Crippen LogP contribution in [0.3, 0.4) is 0 Å². The standard InChI is InChI=1S/C8H19N3O2S/c1-11(14(10,12)13)8(7-9)5-3-2-4-6-8/h2-7,9H2,1H3,(H2,10,12,13). The van der Waals surface area contributed by atoms with Gasteiger partial charge in [-0.3, -0.25) is 0 Å². The number of rotatable bonds is 3. The number of nitrogens with two attached hydrogens (primary N) is 2. The molecular formula is C8H19N3O2S. The van der Waals surface area contributed by atoms with Gasteiger partial charge < -0.3 is 5.73 Å². The molecule has 4 N–H and O–H groups in total. The third-order valence-electron chi connectivity index (χ3n) is 3.21. The van der Waals surface area contributed by atoms with Crippen molar-refractivity contribution in [2.45, 2.75) is 37.6 Å². The smallest absolute Gasteiger partial charge is 0.277 e. The lowest BCUT2D eigenvalue weighted by Crippen LogP contribution is -2.57. The summed E-state index contributed by atoms with van der Waals surface area (Å²) < 4.78 is 23.7. The van der Waals surface area contributed by atoms with Gasteiger partial charge in [0.2, 0.25) is 0 Å². The Morgan fingerprint density at radius 3 is 2.14 bits per heavy atom. The molecule has 0 aliphatic heterocycles. The molecule has 0 amide bonds. The van der Waals surface area contributed by atoms with E-state index in [1.807, 2.05) is 0 Å². The van der Waals surface area contributed by atoms with E-state index in [1.165, 1.54) is 11.4 Å². The summed E-state index contributed by atoms with van der Waals surface area (Å²) >= 11 is 0. The van der Waals surface area contributed by atoms with Crippen LogP contribution in [0.5, 0.6) is 0 Å². The van der Waals surface area contributed by atoms with Crippen LogP contribution in [0, 0.1) is 0 Å². The molecule has 0 atom stereocenters. The molecule has 1 aliphatic carbocycles. The summed E-state index contributed by atoms with van der Waals surface area (Å²) in [6, 6.07) is 0. The molecule has 1 fully saturated rings. The van der Waals surface area contributed by atoms with Crippen LogP contribution in [0.1, 0.15) is 32.1 Å². The summed E-state index contributed by atoms with van der Waals surface area (Å²) in [4.78, 5) is 0. The molecule has 0 heterocycles. The van der Waals surface area contributed by atoms with E-state index < -0.39 is 15.7 Å². The Balaban J connectivity index is 2.88. The predicted octanol–water partition coefficient (Wildman–Crippen LogP) is -0.217. The van der Waals surface area contributed by atoms with E-state index in [9.17, 15) is 8.42 Å². The van der Waals surface area contributed by atoms with Crippen LogP contribution in [0.2, 0.25) is 0 Å². The number of hydrogen-bond donors (Lipinski definition) is 2. The van der Waals surface area contributed by atoms with Gasteiger partial charge in [-0.25, -0.2) is 5.14 Å². The monoisotopic (exact) mass is 221 g/mol. The SMILES string of the molecule is CN(C1(CN)CCCCC1)S(N)(=O)=O. The molecule has 1 aliphatic rings. The van der Waals surface area contributed by atoms with Crippen LogP contribution in [0.15, 0.2) is 0 Å². The van der Waals surface area contributed by atoms with E-state index in [0.717, 1.165) is 32.1 Å². The fourth-order valence-corrected chi connectivity index (χ4v) is 2.92. The number of nitrogens with zero attached hydrogens (tertiary/aromatic N) is 1. The molecule has 0 radical (unpaired) electrons. The molecule has 0 unspecified atom stereocenters. The first-order valence-electron chi connectivity index (χ1n) is 4.89. The largest absolute Gasteiger partial charge is 0.329 e. The van der Waals surface area contributed by atoms with Gasteiger partial charge in [0.15, 0.2) is 0 Å². The minimum Gasteiger partial charge on any atom is -0.329 e. The van der Waals surface area contributed by atoms with Crippen molar-refractivity contribution in [1.82, 2.24) is 4.31 Å². The first-order valence-corrected chi connectivity index (χ1v) is 6.39. The van der Waals surface area contributed by atoms with Gasteiger partial charge in [-0.2, -0.15) is 12.7 Å². The third-order valence-corrected chi connectivity index (χ3v) is 4.36. The van der Waals surface area contributed by atoms with E-state index in [4.69, 9.17) is 10.9 Å². The highest BCUT2D eigenvalue weighted by atomic mass is 32.2. The highest BCUT2D eigenvalue weighted by Gasteiger charge is 2.39. The van der Waals surface area contributed by atoms with Crippen LogP contribution in [0.4, 0.5) is 0 Å². The van der Waals surface area contributed by atoms with Crippen LogP contribution in [-0.2, 0) is 10.2 Å². The van der Waals surface area contributed by atoms with Gasteiger partial charge in [-0.1, -0.05) is 19.3 Å². The summed E-state index contributed by atoms with van der Waals surface area (Å²) in [6.07, 6.45) is 4.83. The Bertz CT molecular complexity index is 283. The normalized spacial score (nSPS) is 22.6. The van der Waals surface area contributed by atoms with E-state index in [0.29, 0.717) is 6.54 Å². The first-order chi connectivity index (χ1) is 6.42. The zero-order valence-corrected chi connectivity index (χ0v) is 9.39. The Kier molecular flexibility index (Phi) is 3.52. The number of likely N-dealkylation sites (N-methyl/N-ethyl adjacent to an activating group) is 1. The lowest BCUT2D eigenvalue weighted by molar-refractivity contribution is 0.159. The maximum atomic E-state index is 11.2. The van der Waals surface area contributed by atoms with Gasteiger partial charge in [-0.05, 0) is 12.8 Å². The molecule has 0 aromatic carbocycles. The average molecular weight is 221 g/mol. The Labute approximate surface area is 85.6 Å². The molecule has 14 heavy (non-hydrogen) atoms. The van der Waals surface area contributed by atoms with Gasteiger partial charge in [0, 0.05) is 19.1 Å². The van der Waals surface area contributed by atoms with Crippen molar-refractivity contribution < 1.29 is 8.42 Å². The van der Waals surface area contributed by atoms with Crippen molar-refractivity contribution in [2.75, 3.05) is 13.6 Å². The fraction of sp³-hybridized carbons (Fsp3) is 1.00. The zero-order chi connectivity index (χ0) is 10.8. The van der Waals surface area contributed by atoms with Gasteiger partial charge in [0.25, 0.3) is 10.2 Å². The summed E-state index contributed by atoms with van der Waals surface area (Å²) in [6.45, 7) is 0.347. The quantitative estimate of drug-likeness (QED) is 0.690. The summed E-state index contributed by atoms with van der Waals surface area (Å²) in [5.41, 5.74) is 5.24. The minimum atomic E-state index is -3.62. The van der Waals surface area contributed by atoms with Crippen molar-refractivity contribution in [3.8, 4) is 0 Å². The predicted molar refractivity (Wildman–Crippen MR) is 55.7 cm³/mol.